The summed E-state index contributed by atoms with van der Waals surface area (Å²) in [5.41, 5.74) is -1.68. The molecule has 0 aliphatic heterocycles. The topological polar surface area (TPSA) is 89.5 Å². The zero-order chi connectivity index (χ0) is 18.7. The number of ether oxygens (including phenoxy) is 1. The van der Waals surface area contributed by atoms with Gasteiger partial charge in [0.05, 0.1) is 0 Å². The summed E-state index contributed by atoms with van der Waals surface area (Å²) < 4.78 is 33.2. The van der Waals surface area contributed by atoms with Gasteiger partial charge >= 0.3 is 5.97 Å². The first-order valence-corrected chi connectivity index (χ1v) is 9.96. The summed E-state index contributed by atoms with van der Waals surface area (Å²) in [7, 11) is -3.95. The van der Waals surface area contributed by atoms with E-state index in [9.17, 15) is 18.0 Å². The Morgan fingerprint density at radius 3 is 2.25 bits per heavy atom. The van der Waals surface area contributed by atoms with Crippen molar-refractivity contribution in [2.24, 2.45) is 16.7 Å². The molecule has 0 heterocycles. The predicted molar refractivity (Wildman–Crippen MR) is 90.8 cm³/mol. The van der Waals surface area contributed by atoms with Crippen LogP contribution < -0.4 is 4.72 Å². The molecule has 2 fully saturated rings. The van der Waals surface area contributed by atoms with Crippen LogP contribution in [0, 0.1) is 16.7 Å². The number of nitrogens with one attached hydrogen (secondary N) is 1. The van der Waals surface area contributed by atoms with Crippen LogP contribution in [0.3, 0.4) is 0 Å². The number of sulfonamides is 1. The highest BCUT2D eigenvalue weighted by Gasteiger charge is 2.69. The largest absolute Gasteiger partial charge is 0.459 e. The molecule has 0 aromatic heterocycles. The maximum Gasteiger partial charge on any atom is 0.324 e. The zero-order valence-corrected chi connectivity index (χ0v) is 16.4. The van der Waals surface area contributed by atoms with Crippen LogP contribution in [0.5, 0.6) is 0 Å². The third-order valence-electron chi connectivity index (χ3n) is 5.91. The summed E-state index contributed by atoms with van der Waals surface area (Å²) in [5, 5.41) is -1.09. The molecule has 6 nitrogen and oxygen atoms in total. The van der Waals surface area contributed by atoms with E-state index >= 15 is 0 Å². The average molecular weight is 359 g/mol. The summed E-state index contributed by atoms with van der Waals surface area (Å²) in [6.45, 7) is 12.4. The molecule has 2 aliphatic carbocycles. The van der Waals surface area contributed by atoms with Crippen molar-refractivity contribution in [2.75, 3.05) is 0 Å². The Hall–Kier alpha value is -0.950. The van der Waals surface area contributed by atoms with Crippen LogP contribution in [0.4, 0.5) is 0 Å². The van der Waals surface area contributed by atoms with E-state index in [1.54, 1.807) is 20.8 Å². The average Bonchev–Trinajstić information content (AvgIpc) is 2.68. The molecule has 2 aliphatic rings. The Morgan fingerprint density at radius 1 is 1.29 bits per heavy atom. The zero-order valence-electron chi connectivity index (χ0n) is 15.6. The lowest BCUT2D eigenvalue weighted by Crippen LogP contribution is -2.50. The lowest BCUT2D eigenvalue weighted by molar-refractivity contribution is -0.156. The maximum absolute atomic E-state index is 12.8. The molecule has 0 radical (unpaired) electrons. The maximum atomic E-state index is 12.8. The monoisotopic (exact) mass is 359 g/mol. The molecule has 24 heavy (non-hydrogen) atoms. The first kappa shape index (κ1) is 19.4. The Kier molecular flexibility index (Phi) is 4.46. The fraction of sp³-hybridized carbons (Fsp3) is 0.882. The molecule has 0 aromatic rings. The summed E-state index contributed by atoms with van der Waals surface area (Å²) in [6.07, 6.45) is 1.43. The van der Waals surface area contributed by atoms with Crippen LogP contribution in [-0.4, -0.2) is 37.1 Å². The van der Waals surface area contributed by atoms with E-state index < -0.39 is 38.3 Å². The minimum absolute atomic E-state index is 0.224. The fourth-order valence-electron chi connectivity index (χ4n) is 4.12. The highest BCUT2D eigenvalue weighted by molar-refractivity contribution is 7.91. The summed E-state index contributed by atoms with van der Waals surface area (Å²) in [6, 6.07) is -1.03. The highest BCUT2D eigenvalue weighted by Crippen LogP contribution is 2.64. The molecular weight excluding hydrogens is 330 g/mol. The van der Waals surface area contributed by atoms with E-state index in [2.05, 4.69) is 4.72 Å². The van der Waals surface area contributed by atoms with E-state index in [1.807, 2.05) is 20.8 Å². The second-order valence-corrected chi connectivity index (χ2v) is 10.7. The lowest BCUT2D eigenvalue weighted by atomic mass is 9.70. The number of fused-ring (bicyclic) bond motifs is 2. The van der Waals surface area contributed by atoms with Gasteiger partial charge in [-0.1, -0.05) is 20.8 Å². The van der Waals surface area contributed by atoms with Crippen LogP contribution in [0.25, 0.3) is 0 Å². The van der Waals surface area contributed by atoms with Crippen LogP contribution >= 0.6 is 0 Å². The number of carbonyl (C=O) groups excluding carboxylic acids is 2. The molecule has 1 N–H and O–H groups in total. The molecule has 0 saturated heterocycles. The van der Waals surface area contributed by atoms with Crippen molar-refractivity contribution >= 4 is 21.8 Å². The van der Waals surface area contributed by atoms with Gasteiger partial charge in [0, 0.05) is 5.41 Å². The number of hydrogen-bond donors (Lipinski definition) is 1. The third kappa shape index (κ3) is 2.90. The lowest BCUT2D eigenvalue weighted by Gasteiger charge is -2.32. The van der Waals surface area contributed by atoms with Crippen LogP contribution in [0.15, 0.2) is 0 Å². The Bertz CT molecular complexity index is 661. The first-order valence-electron chi connectivity index (χ1n) is 8.42. The standard InChI is InChI=1S/C17H29NO5S/c1-10(14(20)23-15(2,3)4)18-24(21,22)12-11-8-9-17(7,13(12)19)16(11,5)6/h10-12,18H,8-9H2,1-7H3/t10-,11?,12?,17?/m0/s1. The van der Waals surface area contributed by atoms with Crippen molar-refractivity contribution in [2.45, 2.75) is 78.2 Å². The molecular formula is C17H29NO5S. The van der Waals surface area contributed by atoms with Crippen molar-refractivity contribution in [3.05, 3.63) is 0 Å². The fourth-order valence-corrected chi connectivity index (χ4v) is 6.31. The minimum Gasteiger partial charge on any atom is -0.459 e. The smallest absolute Gasteiger partial charge is 0.324 e. The second kappa shape index (κ2) is 5.53. The third-order valence-corrected chi connectivity index (χ3v) is 7.80. The van der Waals surface area contributed by atoms with Gasteiger partial charge in [-0.3, -0.25) is 9.59 Å². The van der Waals surface area contributed by atoms with Gasteiger partial charge < -0.3 is 4.74 Å². The number of rotatable bonds is 4. The molecule has 0 amide bonds. The predicted octanol–water partition coefficient (Wildman–Crippen LogP) is 2.03. The number of Topliss-reactive ketones (excluding diaryl/α,β-unsaturated/α-hetero) is 1. The quantitative estimate of drug-likeness (QED) is 0.776. The molecule has 2 saturated carbocycles. The van der Waals surface area contributed by atoms with E-state index in [0.717, 1.165) is 6.42 Å². The number of esters is 1. The van der Waals surface area contributed by atoms with Crippen molar-refractivity contribution in [3.8, 4) is 0 Å². The Balaban J connectivity index is 2.21. The van der Waals surface area contributed by atoms with E-state index in [0.29, 0.717) is 6.42 Å². The van der Waals surface area contributed by atoms with Gasteiger partial charge in [0.25, 0.3) is 0 Å². The van der Waals surface area contributed by atoms with Crippen LogP contribution in [0.1, 0.15) is 61.3 Å². The molecule has 0 spiro atoms. The van der Waals surface area contributed by atoms with Gasteiger partial charge in [0.15, 0.2) is 5.78 Å². The summed E-state index contributed by atoms with van der Waals surface area (Å²) in [5.74, 6) is -1.10. The number of hydrogen-bond acceptors (Lipinski definition) is 5. The first-order chi connectivity index (χ1) is 10.6. The molecule has 0 aromatic carbocycles. The van der Waals surface area contributed by atoms with Crippen molar-refractivity contribution in [1.82, 2.24) is 4.72 Å². The van der Waals surface area contributed by atoms with E-state index in [1.165, 1.54) is 6.92 Å². The van der Waals surface area contributed by atoms with Gasteiger partial charge in [-0.05, 0) is 51.9 Å². The molecule has 4 atom stereocenters. The highest BCUT2D eigenvalue weighted by atomic mass is 32.2. The molecule has 2 rings (SSSR count). The number of ketones is 1. The molecule has 3 unspecified atom stereocenters. The normalized spacial score (nSPS) is 33.5. The number of carbonyl (C=O) groups is 2. The van der Waals surface area contributed by atoms with Crippen molar-refractivity contribution in [3.63, 3.8) is 0 Å². The van der Waals surface area contributed by atoms with Gasteiger partial charge in [-0.15, -0.1) is 0 Å². The molecule has 138 valence electrons. The van der Waals surface area contributed by atoms with Crippen molar-refractivity contribution < 1.29 is 22.7 Å². The van der Waals surface area contributed by atoms with Gasteiger partial charge in [-0.2, -0.15) is 0 Å². The Morgan fingerprint density at radius 2 is 1.83 bits per heavy atom. The van der Waals surface area contributed by atoms with Crippen LogP contribution in [-0.2, 0) is 24.3 Å². The van der Waals surface area contributed by atoms with Gasteiger partial charge in [0.1, 0.15) is 16.9 Å². The molecule has 7 heteroatoms. The minimum atomic E-state index is -3.95. The summed E-state index contributed by atoms with van der Waals surface area (Å²) in [4.78, 5) is 24.8. The summed E-state index contributed by atoms with van der Waals surface area (Å²) >= 11 is 0. The SMILES string of the molecule is C[C@H](NS(=O)(=O)C1C(=O)C2(C)CCC1C2(C)C)C(=O)OC(C)(C)C. The Labute approximate surface area is 144 Å². The van der Waals surface area contributed by atoms with E-state index in [4.69, 9.17) is 4.74 Å². The van der Waals surface area contributed by atoms with E-state index in [-0.39, 0.29) is 17.1 Å². The second-order valence-electron chi connectivity index (χ2n) is 8.90. The molecule has 2 bridgehead atoms. The van der Waals surface area contributed by atoms with Gasteiger partial charge in [-0.25, -0.2) is 13.1 Å². The van der Waals surface area contributed by atoms with Crippen molar-refractivity contribution in [1.29, 1.82) is 0 Å². The van der Waals surface area contributed by atoms with Crippen LogP contribution in [0.2, 0.25) is 0 Å². The van der Waals surface area contributed by atoms with Gasteiger partial charge in [0.2, 0.25) is 10.0 Å².